The Kier molecular flexibility index (Phi) is 7.03. The van der Waals surface area contributed by atoms with Crippen LogP contribution in [0.3, 0.4) is 0 Å². The Morgan fingerprint density at radius 2 is 1.86 bits per heavy atom. The molecule has 6 nitrogen and oxygen atoms in total. The van der Waals surface area contributed by atoms with Crippen molar-refractivity contribution in [1.29, 1.82) is 0 Å². The fraction of sp³-hybridized carbons (Fsp3) is 0.364. The van der Waals surface area contributed by atoms with Gasteiger partial charge in [0.05, 0.1) is 0 Å². The second-order valence-electron chi connectivity index (χ2n) is 7.00. The first kappa shape index (κ1) is 19.9. The SMILES string of the molecule is CC[C@@H]1CN(C(=O)Nc2ccc(C(=O)NCCc3ccccc3)cc2)CCN1. The lowest BCUT2D eigenvalue weighted by molar-refractivity contribution is 0.0954. The van der Waals surface area contributed by atoms with Crippen molar-refractivity contribution in [2.75, 3.05) is 31.5 Å². The van der Waals surface area contributed by atoms with Crippen LogP contribution >= 0.6 is 0 Å². The number of carbonyl (C=O) groups is 2. The molecular weight excluding hydrogens is 352 g/mol. The molecule has 0 aliphatic carbocycles. The van der Waals surface area contributed by atoms with Crippen LogP contribution in [-0.4, -0.2) is 49.1 Å². The molecule has 2 aromatic rings. The molecule has 3 rings (SSSR count). The predicted molar refractivity (Wildman–Crippen MR) is 112 cm³/mol. The van der Waals surface area contributed by atoms with Crippen molar-refractivity contribution in [3.63, 3.8) is 0 Å². The van der Waals surface area contributed by atoms with Gasteiger partial charge in [-0.1, -0.05) is 37.3 Å². The number of amides is 3. The number of anilines is 1. The van der Waals surface area contributed by atoms with Gasteiger partial charge in [-0.05, 0) is 42.7 Å². The minimum Gasteiger partial charge on any atom is -0.352 e. The monoisotopic (exact) mass is 380 g/mol. The van der Waals surface area contributed by atoms with Gasteiger partial charge in [0.25, 0.3) is 5.91 Å². The molecule has 0 saturated carbocycles. The fourth-order valence-electron chi connectivity index (χ4n) is 3.26. The average Bonchev–Trinajstić information content (AvgIpc) is 2.75. The Bertz CT molecular complexity index is 777. The third kappa shape index (κ3) is 5.57. The molecule has 6 heteroatoms. The Hall–Kier alpha value is -2.86. The van der Waals surface area contributed by atoms with E-state index in [4.69, 9.17) is 0 Å². The van der Waals surface area contributed by atoms with Crippen molar-refractivity contribution < 1.29 is 9.59 Å². The predicted octanol–water partition coefficient (Wildman–Crippen LogP) is 2.87. The number of rotatable bonds is 6. The van der Waals surface area contributed by atoms with Gasteiger partial charge in [-0.15, -0.1) is 0 Å². The van der Waals surface area contributed by atoms with E-state index < -0.39 is 0 Å². The van der Waals surface area contributed by atoms with Crippen molar-refractivity contribution in [2.24, 2.45) is 0 Å². The Morgan fingerprint density at radius 1 is 1.11 bits per heavy atom. The van der Waals surface area contributed by atoms with Crippen molar-refractivity contribution in [3.8, 4) is 0 Å². The van der Waals surface area contributed by atoms with Crippen molar-refractivity contribution in [1.82, 2.24) is 15.5 Å². The first-order valence-electron chi connectivity index (χ1n) is 9.87. The normalized spacial score (nSPS) is 16.5. The molecule has 3 amide bonds. The molecule has 1 heterocycles. The van der Waals surface area contributed by atoms with E-state index in [0.717, 1.165) is 19.4 Å². The van der Waals surface area contributed by atoms with Gasteiger partial charge in [0, 0.05) is 43.5 Å². The van der Waals surface area contributed by atoms with Gasteiger partial charge in [0.1, 0.15) is 0 Å². The third-order valence-electron chi connectivity index (χ3n) is 4.98. The third-order valence-corrected chi connectivity index (χ3v) is 4.98. The lowest BCUT2D eigenvalue weighted by atomic mass is 10.1. The number of hydrogen-bond donors (Lipinski definition) is 3. The minimum absolute atomic E-state index is 0.0972. The summed E-state index contributed by atoms with van der Waals surface area (Å²) in [5, 5.41) is 9.24. The highest BCUT2D eigenvalue weighted by Crippen LogP contribution is 2.12. The number of hydrogen-bond acceptors (Lipinski definition) is 3. The Labute approximate surface area is 166 Å². The molecule has 3 N–H and O–H groups in total. The summed E-state index contributed by atoms with van der Waals surface area (Å²) in [6.45, 7) is 4.92. The van der Waals surface area contributed by atoms with Crippen LogP contribution < -0.4 is 16.0 Å². The van der Waals surface area contributed by atoms with Crippen LogP contribution in [0, 0.1) is 0 Å². The topological polar surface area (TPSA) is 73.5 Å². The van der Waals surface area contributed by atoms with Crippen LogP contribution in [0.25, 0.3) is 0 Å². The zero-order valence-corrected chi connectivity index (χ0v) is 16.3. The second-order valence-corrected chi connectivity index (χ2v) is 7.00. The molecule has 0 spiro atoms. The molecule has 1 aliphatic rings. The highest BCUT2D eigenvalue weighted by molar-refractivity contribution is 5.95. The molecule has 148 valence electrons. The number of benzene rings is 2. The van der Waals surface area contributed by atoms with Crippen LogP contribution in [-0.2, 0) is 6.42 Å². The van der Waals surface area contributed by atoms with Gasteiger partial charge in [0.2, 0.25) is 0 Å². The van der Waals surface area contributed by atoms with E-state index in [0.29, 0.717) is 36.9 Å². The highest BCUT2D eigenvalue weighted by atomic mass is 16.2. The molecule has 0 radical (unpaired) electrons. The van der Waals surface area contributed by atoms with Crippen LogP contribution in [0.5, 0.6) is 0 Å². The lowest BCUT2D eigenvalue weighted by Gasteiger charge is -2.33. The maximum absolute atomic E-state index is 12.4. The van der Waals surface area contributed by atoms with Gasteiger partial charge < -0.3 is 20.9 Å². The van der Waals surface area contributed by atoms with Crippen molar-refractivity contribution in [2.45, 2.75) is 25.8 Å². The van der Waals surface area contributed by atoms with Gasteiger partial charge in [0.15, 0.2) is 0 Å². The smallest absolute Gasteiger partial charge is 0.321 e. The Balaban J connectivity index is 1.47. The highest BCUT2D eigenvalue weighted by Gasteiger charge is 2.22. The largest absolute Gasteiger partial charge is 0.352 e. The van der Waals surface area contributed by atoms with Gasteiger partial charge in [-0.2, -0.15) is 0 Å². The number of piperazine rings is 1. The van der Waals surface area contributed by atoms with Crippen LogP contribution in [0.1, 0.15) is 29.3 Å². The number of urea groups is 1. The minimum atomic E-state index is -0.110. The molecule has 1 fully saturated rings. The maximum atomic E-state index is 12.4. The van der Waals surface area contributed by atoms with E-state index in [1.807, 2.05) is 35.2 Å². The molecule has 2 aromatic carbocycles. The summed E-state index contributed by atoms with van der Waals surface area (Å²) in [6.07, 6.45) is 1.79. The zero-order valence-electron chi connectivity index (χ0n) is 16.3. The van der Waals surface area contributed by atoms with Gasteiger partial charge in [-0.25, -0.2) is 4.79 Å². The zero-order chi connectivity index (χ0) is 19.8. The maximum Gasteiger partial charge on any atom is 0.321 e. The van der Waals surface area contributed by atoms with Crippen LogP contribution in [0.15, 0.2) is 54.6 Å². The quantitative estimate of drug-likeness (QED) is 0.721. The van der Waals surface area contributed by atoms with Crippen LogP contribution in [0.4, 0.5) is 10.5 Å². The first-order chi connectivity index (χ1) is 13.7. The molecule has 28 heavy (non-hydrogen) atoms. The molecule has 0 bridgehead atoms. The van der Waals surface area contributed by atoms with E-state index in [2.05, 4.69) is 22.9 Å². The molecular formula is C22H28N4O2. The molecule has 1 atom stereocenters. The molecule has 0 aromatic heterocycles. The molecule has 0 unspecified atom stereocenters. The van der Waals surface area contributed by atoms with Gasteiger partial charge in [-0.3, -0.25) is 4.79 Å². The number of nitrogens with zero attached hydrogens (tertiary/aromatic N) is 1. The number of nitrogens with one attached hydrogen (secondary N) is 3. The summed E-state index contributed by atoms with van der Waals surface area (Å²) in [4.78, 5) is 26.5. The van der Waals surface area contributed by atoms with E-state index >= 15 is 0 Å². The lowest BCUT2D eigenvalue weighted by Crippen LogP contribution is -2.53. The average molecular weight is 380 g/mol. The number of carbonyl (C=O) groups excluding carboxylic acids is 2. The summed E-state index contributed by atoms with van der Waals surface area (Å²) in [7, 11) is 0. The standard InChI is InChI=1S/C22H28N4O2/c1-2-19-16-26(15-14-23-19)22(28)25-20-10-8-18(9-11-20)21(27)24-13-12-17-6-4-3-5-7-17/h3-11,19,23H,2,12-16H2,1H3,(H,24,27)(H,25,28)/t19-/m1/s1. The summed E-state index contributed by atoms with van der Waals surface area (Å²) < 4.78 is 0. The van der Waals surface area contributed by atoms with E-state index in [1.165, 1.54) is 5.56 Å². The van der Waals surface area contributed by atoms with Crippen molar-refractivity contribution >= 4 is 17.6 Å². The molecule has 1 aliphatic heterocycles. The van der Waals surface area contributed by atoms with E-state index in [1.54, 1.807) is 24.3 Å². The summed E-state index contributed by atoms with van der Waals surface area (Å²) in [5.41, 5.74) is 2.47. The van der Waals surface area contributed by atoms with Gasteiger partial charge >= 0.3 is 6.03 Å². The summed E-state index contributed by atoms with van der Waals surface area (Å²) in [6, 6.07) is 17.3. The van der Waals surface area contributed by atoms with E-state index in [-0.39, 0.29) is 11.9 Å². The summed E-state index contributed by atoms with van der Waals surface area (Å²) >= 11 is 0. The summed E-state index contributed by atoms with van der Waals surface area (Å²) in [5.74, 6) is -0.110. The fourth-order valence-corrected chi connectivity index (χ4v) is 3.26. The second kappa shape index (κ2) is 9.90. The first-order valence-corrected chi connectivity index (χ1v) is 9.87. The van der Waals surface area contributed by atoms with Crippen LogP contribution in [0.2, 0.25) is 0 Å². The van der Waals surface area contributed by atoms with E-state index in [9.17, 15) is 9.59 Å². The van der Waals surface area contributed by atoms with Crippen molar-refractivity contribution in [3.05, 3.63) is 65.7 Å². The molecule has 1 saturated heterocycles. The Morgan fingerprint density at radius 3 is 2.57 bits per heavy atom.